The molecule has 23 heavy (non-hydrogen) atoms. The number of nitrogens with one attached hydrogen (secondary N) is 1. The Hall–Kier alpha value is -2.14. The highest BCUT2D eigenvalue weighted by Gasteiger charge is 2.11. The zero-order valence-electron chi connectivity index (χ0n) is 14.6. The molecule has 1 aromatic heterocycles. The van der Waals surface area contributed by atoms with Crippen LogP contribution in [0, 0.1) is 0 Å². The van der Waals surface area contributed by atoms with Gasteiger partial charge < -0.3 is 24.1 Å². The molecule has 5 nitrogen and oxygen atoms in total. The predicted molar refractivity (Wildman–Crippen MR) is 92.6 cm³/mol. The molecule has 1 atom stereocenters. The molecule has 0 aliphatic carbocycles. The number of aromatic nitrogens is 1. The third-order valence-corrected chi connectivity index (χ3v) is 3.97. The Balaban J connectivity index is 2.09. The smallest absolute Gasteiger partial charge is 0.127 e. The van der Waals surface area contributed by atoms with Crippen molar-refractivity contribution in [1.82, 2.24) is 4.57 Å². The monoisotopic (exact) mass is 318 g/mol. The number of aryl methyl sites for hydroxylation is 1. The summed E-state index contributed by atoms with van der Waals surface area (Å²) >= 11 is 0. The Bertz CT molecular complexity index is 637. The van der Waals surface area contributed by atoms with Gasteiger partial charge in [0.1, 0.15) is 17.3 Å². The van der Waals surface area contributed by atoms with E-state index >= 15 is 0 Å². The second kappa shape index (κ2) is 7.92. The number of nitrogens with zero attached hydrogens (tertiary/aromatic N) is 1. The Morgan fingerprint density at radius 2 is 1.91 bits per heavy atom. The van der Waals surface area contributed by atoms with Crippen LogP contribution in [-0.4, -0.2) is 32.5 Å². The van der Waals surface area contributed by atoms with Crippen LogP contribution in [0.3, 0.4) is 0 Å². The molecule has 0 amide bonds. The van der Waals surface area contributed by atoms with Crippen molar-refractivity contribution in [3.05, 3.63) is 41.6 Å². The maximum Gasteiger partial charge on any atom is 0.127 e. The minimum absolute atomic E-state index is 0.372. The van der Waals surface area contributed by atoms with Crippen LogP contribution in [-0.2, 0) is 18.3 Å². The van der Waals surface area contributed by atoms with Gasteiger partial charge in [0, 0.05) is 44.4 Å². The maximum atomic E-state index is 5.44. The van der Waals surface area contributed by atoms with Crippen molar-refractivity contribution in [2.45, 2.75) is 19.4 Å². The second-order valence-electron chi connectivity index (χ2n) is 5.66. The van der Waals surface area contributed by atoms with Crippen LogP contribution >= 0.6 is 0 Å². The van der Waals surface area contributed by atoms with Gasteiger partial charge in [-0.25, -0.2) is 0 Å². The lowest BCUT2D eigenvalue weighted by Gasteiger charge is -2.12. The first-order valence-electron chi connectivity index (χ1n) is 7.69. The van der Waals surface area contributed by atoms with Crippen molar-refractivity contribution in [2.24, 2.45) is 7.05 Å². The molecule has 5 heteroatoms. The Labute approximate surface area is 138 Å². The predicted octanol–water partition coefficient (Wildman–Crippen LogP) is 3.40. The molecular formula is C18H26N2O3. The van der Waals surface area contributed by atoms with E-state index in [1.54, 1.807) is 21.3 Å². The summed E-state index contributed by atoms with van der Waals surface area (Å²) in [6.07, 6.45) is 2.14. The van der Waals surface area contributed by atoms with Crippen LogP contribution in [0.5, 0.6) is 11.5 Å². The van der Waals surface area contributed by atoms with Crippen molar-refractivity contribution in [3.8, 4) is 11.5 Å². The first-order chi connectivity index (χ1) is 11.1. The van der Waals surface area contributed by atoms with Gasteiger partial charge in [0.2, 0.25) is 0 Å². The molecular weight excluding hydrogens is 292 g/mol. The van der Waals surface area contributed by atoms with E-state index in [4.69, 9.17) is 14.2 Å². The fraction of sp³-hybridized carbons (Fsp3) is 0.444. The van der Waals surface area contributed by atoms with Gasteiger partial charge in [0.15, 0.2) is 0 Å². The minimum Gasteiger partial charge on any atom is -0.497 e. The summed E-state index contributed by atoms with van der Waals surface area (Å²) in [6, 6.07) is 8.02. The summed E-state index contributed by atoms with van der Waals surface area (Å²) in [5, 5.41) is 3.46. The molecule has 0 radical (unpaired) electrons. The Morgan fingerprint density at radius 3 is 2.57 bits per heavy atom. The van der Waals surface area contributed by atoms with Crippen LogP contribution in [0.25, 0.3) is 0 Å². The lowest BCUT2D eigenvalue weighted by molar-refractivity contribution is 0.184. The van der Waals surface area contributed by atoms with Gasteiger partial charge in [-0.05, 0) is 23.8 Å². The number of hydrogen-bond donors (Lipinski definition) is 1. The Morgan fingerprint density at radius 1 is 1.13 bits per heavy atom. The molecule has 0 saturated heterocycles. The summed E-state index contributed by atoms with van der Waals surface area (Å²) in [4.78, 5) is 0. The van der Waals surface area contributed by atoms with Gasteiger partial charge in [-0.2, -0.15) is 0 Å². The molecule has 0 saturated carbocycles. The highest BCUT2D eigenvalue weighted by Crippen LogP contribution is 2.26. The lowest BCUT2D eigenvalue weighted by Crippen LogP contribution is -2.05. The van der Waals surface area contributed by atoms with Crippen molar-refractivity contribution in [3.63, 3.8) is 0 Å². The molecule has 0 aliphatic rings. The van der Waals surface area contributed by atoms with Crippen LogP contribution in [0.4, 0.5) is 5.82 Å². The third-order valence-electron chi connectivity index (χ3n) is 3.97. The molecule has 1 unspecified atom stereocenters. The van der Waals surface area contributed by atoms with Crippen LogP contribution in [0.2, 0.25) is 0 Å². The average molecular weight is 318 g/mol. The average Bonchev–Trinajstić information content (AvgIpc) is 2.94. The molecule has 126 valence electrons. The van der Waals surface area contributed by atoms with E-state index < -0.39 is 0 Å². The van der Waals surface area contributed by atoms with E-state index in [9.17, 15) is 0 Å². The molecule has 2 rings (SSSR count). The highest BCUT2D eigenvalue weighted by atomic mass is 16.5. The standard InChI is InChI=1S/C18H26N2O3/c1-13(12-21-3)15-8-18(20(2)11-15)19-10-14-6-7-16(22-4)9-17(14)23-5/h6-9,11,13,19H,10,12H2,1-5H3. The maximum absolute atomic E-state index is 5.44. The van der Waals surface area contributed by atoms with Crippen molar-refractivity contribution in [2.75, 3.05) is 33.3 Å². The van der Waals surface area contributed by atoms with Gasteiger partial charge in [-0.1, -0.05) is 6.92 Å². The number of methoxy groups -OCH3 is 3. The van der Waals surface area contributed by atoms with E-state index in [-0.39, 0.29) is 0 Å². The highest BCUT2D eigenvalue weighted by molar-refractivity contribution is 5.46. The fourth-order valence-corrected chi connectivity index (χ4v) is 2.57. The molecule has 2 aromatic rings. The van der Waals surface area contributed by atoms with Gasteiger partial charge >= 0.3 is 0 Å². The van der Waals surface area contributed by atoms with Crippen molar-refractivity contribution in [1.29, 1.82) is 0 Å². The normalized spacial score (nSPS) is 12.0. The largest absolute Gasteiger partial charge is 0.497 e. The quantitative estimate of drug-likeness (QED) is 0.810. The number of rotatable bonds is 8. The van der Waals surface area contributed by atoms with Crippen LogP contribution < -0.4 is 14.8 Å². The molecule has 0 fully saturated rings. The van der Waals surface area contributed by atoms with E-state index in [1.807, 2.05) is 25.2 Å². The van der Waals surface area contributed by atoms with Crippen molar-refractivity contribution < 1.29 is 14.2 Å². The fourth-order valence-electron chi connectivity index (χ4n) is 2.57. The summed E-state index contributed by atoms with van der Waals surface area (Å²) in [6.45, 7) is 3.56. The SMILES string of the molecule is COCC(C)c1cc(NCc2ccc(OC)cc2OC)n(C)c1. The first-order valence-corrected chi connectivity index (χ1v) is 7.69. The number of hydrogen-bond acceptors (Lipinski definition) is 4. The molecule has 1 N–H and O–H groups in total. The van der Waals surface area contributed by atoms with Gasteiger partial charge in [-0.3, -0.25) is 0 Å². The minimum atomic E-state index is 0.372. The molecule has 1 heterocycles. The van der Waals surface area contributed by atoms with Gasteiger partial charge in [0.25, 0.3) is 0 Å². The summed E-state index contributed by atoms with van der Waals surface area (Å²) < 4.78 is 18.0. The Kier molecular flexibility index (Phi) is 5.93. The topological polar surface area (TPSA) is 44.6 Å². The number of benzene rings is 1. The van der Waals surface area contributed by atoms with E-state index in [0.717, 1.165) is 29.5 Å². The number of anilines is 1. The molecule has 0 bridgehead atoms. The molecule has 1 aromatic carbocycles. The molecule has 0 aliphatic heterocycles. The van der Waals surface area contributed by atoms with Crippen LogP contribution in [0.15, 0.2) is 30.5 Å². The van der Waals surface area contributed by atoms with E-state index in [1.165, 1.54) is 5.56 Å². The zero-order valence-corrected chi connectivity index (χ0v) is 14.6. The van der Waals surface area contributed by atoms with Gasteiger partial charge in [-0.15, -0.1) is 0 Å². The van der Waals surface area contributed by atoms with Crippen molar-refractivity contribution >= 4 is 5.82 Å². The molecule has 0 spiro atoms. The summed E-state index contributed by atoms with van der Waals surface area (Å²) in [7, 11) is 7.09. The summed E-state index contributed by atoms with van der Waals surface area (Å²) in [5.41, 5.74) is 2.35. The van der Waals surface area contributed by atoms with E-state index in [2.05, 4.69) is 29.1 Å². The van der Waals surface area contributed by atoms with Gasteiger partial charge in [0.05, 0.1) is 20.8 Å². The summed E-state index contributed by atoms with van der Waals surface area (Å²) in [5.74, 6) is 3.05. The number of ether oxygens (including phenoxy) is 3. The second-order valence-corrected chi connectivity index (χ2v) is 5.66. The third kappa shape index (κ3) is 4.20. The van der Waals surface area contributed by atoms with E-state index in [0.29, 0.717) is 12.5 Å². The van der Waals surface area contributed by atoms with Crippen LogP contribution in [0.1, 0.15) is 24.0 Å². The zero-order chi connectivity index (χ0) is 16.8. The first kappa shape index (κ1) is 17.2. The lowest BCUT2D eigenvalue weighted by atomic mass is 10.1.